The highest BCUT2D eigenvalue weighted by Gasteiger charge is 2.08. The molecule has 3 aromatic carbocycles. The van der Waals surface area contributed by atoms with Crippen LogP contribution in [0, 0.1) is 0 Å². The molecule has 0 fully saturated rings. The number of hydrogen-bond donors (Lipinski definition) is 2. The van der Waals surface area contributed by atoms with Gasteiger partial charge in [0.15, 0.2) is 0 Å². The summed E-state index contributed by atoms with van der Waals surface area (Å²) < 4.78 is 11.3. The fourth-order valence-electron chi connectivity index (χ4n) is 2.90. The molecule has 0 aromatic heterocycles. The van der Waals surface area contributed by atoms with Crippen LogP contribution in [0.3, 0.4) is 0 Å². The van der Waals surface area contributed by atoms with Crippen molar-refractivity contribution < 1.29 is 19.1 Å². The molecule has 6 heteroatoms. The molecular formula is C25H26N2O4. The Kier molecular flexibility index (Phi) is 8.05. The molecule has 0 aliphatic carbocycles. The monoisotopic (exact) mass is 418 g/mol. The third-order valence-corrected chi connectivity index (χ3v) is 4.59. The number of rotatable bonds is 10. The van der Waals surface area contributed by atoms with E-state index in [0.717, 1.165) is 11.3 Å². The molecule has 2 amide bonds. The Balaban J connectivity index is 1.48. The third-order valence-electron chi connectivity index (χ3n) is 4.59. The van der Waals surface area contributed by atoms with E-state index in [1.807, 2.05) is 54.6 Å². The molecule has 0 aliphatic rings. The lowest BCUT2D eigenvalue weighted by atomic mass is 10.1. The molecular weight excluding hydrogens is 392 g/mol. The fourth-order valence-corrected chi connectivity index (χ4v) is 2.90. The Morgan fingerprint density at radius 3 is 2.19 bits per heavy atom. The lowest BCUT2D eigenvalue weighted by Gasteiger charge is -2.10. The molecule has 0 heterocycles. The quantitative estimate of drug-likeness (QED) is 0.487. The lowest BCUT2D eigenvalue weighted by Crippen LogP contribution is -2.17. The number of anilines is 1. The summed E-state index contributed by atoms with van der Waals surface area (Å²) in [6, 6.07) is 24.0. The van der Waals surface area contributed by atoms with Gasteiger partial charge in [0.05, 0.1) is 0 Å². The van der Waals surface area contributed by atoms with Crippen molar-refractivity contribution >= 4 is 17.5 Å². The van der Waals surface area contributed by atoms with Crippen molar-refractivity contribution in [1.82, 2.24) is 5.32 Å². The van der Waals surface area contributed by atoms with Crippen LogP contribution in [0.4, 0.5) is 5.69 Å². The van der Waals surface area contributed by atoms with Gasteiger partial charge in [-0.1, -0.05) is 36.4 Å². The second-order valence-electron chi connectivity index (χ2n) is 6.86. The summed E-state index contributed by atoms with van der Waals surface area (Å²) in [5, 5.41) is 5.48. The number of ether oxygens (including phenoxy) is 2. The van der Waals surface area contributed by atoms with Gasteiger partial charge >= 0.3 is 0 Å². The highest BCUT2D eigenvalue weighted by molar-refractivity contribution is 6.04. The second-order valence-corrected chi connectivity index (χ2v) is 6.86. The highest BCUT2D eigenvalue weighted by atomic mass is 16.5. The van der Waals surface area contributed by atoms with Gasteiger partial charge in [0.2, 0.25) is 5.91 Å². The van der Waals surface area contributed by atoms with Crippen molar-refractivity contribution in [2.75, 3.05) is 25.6 Å². The van der Waals surface area contributed by atoms with Gasteiger partial charge in [0.1, 0.15) is 24.7 Å². The van der Waals surface area contributed by atoms with Crippen molar-refractivity contribution in [1.29, 1.82) is 0 Å². The van der Waals surface area contributed by atoms with Crippen LogP contribution in [-0.2, 0) is 11.2 Å². The van der Waals surface area contributed by atoms with Crippen LogP contribution < -0.4 is 20.1 Å². The number of hydrogen-bond acceptors (Lipinski definition) is 4. The topological polar surface area (TPSA) is 76.7 Å². The molecule has 0 unspecified atom stereocenters. The zero-order valence-electron chi connectivity index (χ0n) is 17.5. The first kappa shape index (κ1) is 21.9. The van der Waals surface area contributed by atoms with Crippen LogP contribution >= 0.6 is 0 Å². The number of benzene rings is 3. The molecule has 31 heavy (non-hydrogen) atoms. The highest BCUT2D eigenvalue weighted by Crippen LogP contribution is 2.17. The van der Waals surface area contributed by atoms with Gasteiger partial charge < -0.3 is 20.1 Å². The number of nitrogens with one attached hydrogen (secondary N) is 2. The van der Waals surface area contributed by atoms with Gasteiger partial charge in [0, 0.05) is 24.7 Å². The number of amides is 2. The van der Waals surface area contributed by atoms with Crippen LogP contribution in [0.5, 0.6) is 11.5 Å². The molecule has 0 radical (unpaired) electrons. The van der Waals surface area contributed by atoms with E-state index in [-0.39, 0.29) is 11.8 Å². The Hall–Kier alpha value is -3.80. The first-order valence-electron chi connectivity index (χ1n) is 10.2. The SMILES string of the molecule is CNC(=O)CCc1ccc(NC(=O)c2cccc(OCCOc3ccccc3)c2)cc1. The van der Waals surface area contributed by atoms with Gasteiger partial charge in [-0.15, -0.1) is 0 Å². The number of aryl methyl sites for hydroxylation is 1. The van der Waals surface area contributed by atoms with Crippen LogP contribution in [0.2, 0.25) is 0 Å². The van der Waals surface area contributed by atoms with E-state index >= 15 is 0 Å². The molecule has 0 spiro atoms. The smallest absolute Gasteiger partial charge is 0.255 e. The Morgan fingerprint density at radius 2 is 1.48 bits per heavy atom. The van der Waals surface area contributed by atoms with Crippen LogP contribution in [0.1, 0.15) is 22.3 Å². The van der Waals surface area contributed by atoms with E-state index in [0.29, 0.717) is 43.1 Å². The molecule has 160 valence electrons. The number of carbonyl (C=O) groups excluding carboxylic acids is 2. The minimum absolute atomic E-state index is 0.00566. The van der Waals surface area contributed by atoms with Gasteiger partial charge in [-0.2, -0.15) is 0 Å². The Labute approximate surface area is 182 Å². The van der Waals surface area contributed by atoms with E-state index in [9.17, 15) is 9.59 Å². The van der Waals surface area contributed by atoms with Gasteiger partial charge in [-0.05, 0) is 54.4 Å². The predicted molar refractivity (Wildman–Crippen MR) is 121 cm³/mol. The molecule has 6 nitrogen and oxygen atoms in total. The zero-order chi connectivity index (χ0) is 21.9. The fraction of sp³-hybridized carbons (Fsp3) is 0.200. The second kappa shape index (κ2) is 11.4. The molecule has 3 rings (SSSR count). The van der Waals surface area contributed by atoms with E-state index in [4.69, 9.17) is 9.47 Å². The molecule has 0 saturated carbocycles. The van der Waals surface area contributed by atoms with Crippen LogP contribution in [0.15, 0.2) is 78.9 Å². The number of para-hydroxylation sites is 1. The number of carbonyl (C=O) groups is 2. The van der Waals surface area contributed by atoms with Crippen LogP contribution in [-0.4, -0.2) is 32.1 Å². The standard InChI is InChI=1S/C25H26N2O4/c1-26-24(28)15-12-19-10-13-21(14-11-19)27-25(29)20-6-5-9-23(18-20)31-17-16-30-22-7-3-2-4-8-22/h2-11,13-14,18H,12,15-17H2,1H3,(H,26,28)(H,27,29). The average molecular weight is 418 g/mol. The van der Waals surface area contributed by atoms with Crippen molar-refractivity contribution in [3.8, 4) is 11.5 Å². The predicted octanol–water partition coefficient (Wildman–Crippen LogP) is 4.08. The van der Waals surface area contributed by atoms with Crippen molar-refractivity contribution in [3.63, 3.8) is 0 Å². The molecule has 2 N–H and O–H groups in total. The maximum absolute atomic E-state index is 12.6. The van der Waals surface area contributed by atoms with E-state index in [1.165, 1.54) is 0 Å². The molecule has 0 saturated heterocycles. The largest absolute Gasteiger partial charge is 0.490 e. The Bertz CT molecular complexity index is 988. The average Bonchev–Trinajstić information content (AvgIpc) is 2.82. The van der Waals surface area contributed by atoms with E-state index in [2.05, 4.69) is 10.6 Å². The molecule has 0 bridgehead atoms. The zero-order valence-corrected chi connectivity index (χ0v) is 17.5. The summed E-state index contributed by atoms with van der Waals surface area (Å²) in [4.78, 5) is 23.9. The van der Waals surface area contributed by atoms with Crippen molar-refractivity contribution in [3.05, 3.63) is 90.0 Å². The van der Waals surface area contributed by atoms with Gasteiger partial charge in [0.25, 0.3) is 5.91 Å². The molecule has 0 aliphatic heterocycles. The maximum Gasteiger partial charge on any atom is 0.255 e. The molecule has 0 atom stereocenters. The van der Waals surface area contributed by atoms with Crippen molar-refractivity contribution in [2.45, 2.75) is 12.8 Å². The summed E-state index contributed by atoms with van der Waals surface area (Å²) in [7, 11) is 1.62. The first-order valence-corrected chi connectivity index (χ1v) is 10.2. The summed E-state index contributed by atoms with van der Waals surface area (Å²) in [5.74, 6) is 1.18. The molecule has 3 aromatic rings. The summed E-state index contributed by atoms with van der Waals surface area (Å²) in [6.45, 7) is 0.782. The minimum atomic E-state index is -0.218. The van der Waals surface area contributed by atoms with Gasteiger partial charge in [-0.25, -0.2) is 0 Å². The van der Waals surface area contributed by atoms with E-state index < -0.39 is 0 Å². The van der Waals surface area contributed by atoms with E-state index in [1.54, 1.807) is 31.3 Å². The minimum Gasteiger partial charge on any atom is -0.490 e. The maximum atomic E-state index is 12.6. The lowest BCUT2D eigenvalue weighted by molar-refractivity contribution is -0.120. The normalized spacial score (nSPS) is 10.2. The van der Waals surface area contributed by atoms with Gasteiger partial charge in [-0.3, -0.25) is 9.59 Å². The summed E-state index contributed by atoms with van der Waals surface area (Å²) in [5.41, 5.74) is 2.23. The summed E-state index contributed by atoms with van der Waals surface area (Å²) >= 11 is 0. The Morgan fingerprint density at radius 1 is 0.806 bits per heavy atom. The van der Waals surface area contributed by atoms with Crippen molar-refractivity contribution in [2.24, 2.45) is 0 Å². The van der Waals surface area contributed by atoms with Crippen LogP contribution in [0.25, 0.3) is 0 Å². The first-order chi connectivity index (χ1) is 15.1. The third kappa shape index (κ3) is 7.19. The summed E-state index contributed by atoms with van der Waals surface area (Å²) in [6.07, 6.45) is 1.09.